The Balaban J connectivity index is 0. The molecule has 0 amide bonds. The third-order valence-corrected chi connectivity index (χ3v) is 1.68. The number of ether oxygens (including phenoxy) is 3. The number of rotatable bonds is 8. The number of hydrogen-bond acceptors (Lipinski definition) is 8. The van der Waals surface area contributed by atoms with Crippen LogP contribution in [0.25, 0.3) is 0 Å². The van der Waals surface area contributed by atoms with Crippen LogP contribution in [0.15, 0.2) is 29.3 Å². The lowest BCUT2D eigenvalue weighted by atomic mass is 10.4. The fraction of sp³-hybridized carbons (Fsp3) is 0.429. The lowest BCUT2D eigenvalue weighted by Gasteiger charge is -2.00. The monoisotopic (exact) mass is 310 g/mol. The lowest BCUT2D eigenvalue weighted by Crippen LogP contribution is -2.09. The smallest absolute Gasteiger partial charge is 0.333 e. The molecule has 8 heteroatoms. The Labute approximate surface area is 128 Å². The Bertz CT molecular complexity index is 486. The van der Waals surface area contributed by atoms with Gasteiger partial charge in [-0.15, -0.1) is 0 Å². The minimum Gasteiger partial charge on any atom is -0.460 e. The molecule has 0 aliphatic heterocycles. The highest BCUT2D eigenvalue weighted by molar-refractivity contribution is 5.87. The summed E-state index contributed by atoms with van der Waals surface area (Å²) in [5, 5.41) is 7.91. The van der Waals surface area contributed by atoms with Crippen LogP contribution in [0.5, 0.6) is 0 Å². The summed E-state index contributed by atoms with van der Waals surface area (Å²) in [4.78, 5) is 34.0. The zero-order valence-corrected chi connectivity index (χ0v) is 12.6. The zero-order chi connectivity index (χ0) is 17.4. The van der Waals surface area contributed by atoms with Gasteiger partial charge >= 0.3 is 11.9 Å². The number of nitriles is 1. The average molecular weight is 310 g/mol. The average Bonchev–Trinajstić information content (AvgIpc) is 2.48. The summed E-state index contributed by atoms with van der Waals surface area (Å²) < 4.78 is 13.4. The van der Waals surface area contributed by atoms with E-state index in [0.29, 0.717) is 11.1 Å². The Kier molecular flexibility index (Phi) is 14.1. The molecule has 0 atom stereocenters. The fourth-order valence-electron chi connectivity index (χ4n) is 0.698. The second-order valence-electron chi connectivity index (χ2n) is 3.75. The van der Waals surface area contributed by atoms with Crippen LogP contribution in [-0.2, 0) is 28.6 Å². The molecule has 8 nitrogen and oxygen atoms in total. The predicted octanol–water partition coefficient (Wildman–Crippen LogP) is 1.04. The molecule has 0 saturated heterocycles. The van der Waals surface area contributed by atoms with E-state index in [9.17, 15) is 14.4 Å². The molecule has 0 unspecified atom stereocenters. The van der Waals surface area contributed by atoms with Gasteiger partial charge in [-0.3, -0.25) is 0 Å². The van der Waals surface area contributed by atoms with Crippen molar-refractivity contribution in [2.24, 2.45) is 4.99 Å². The quantitative estimate of drug-likeness (QED) is 0.164. The van der Waals surface area contributed by atoms with E-state index in [1.165, 1.54) is 12.3 Å². The molecule has 0 aromatic rings. The highest BCUT2D eigenvalue weighted by Crippen LogP contribution is 1.91. The normalized spacial score (nSPS) is 8.05. The van der Waals surface area contributed by atoms with Crippen LogP contribution in [-0.4, -0.2) is 44.4 Å². The highest BCUT2D eigenvalue weighted by Gasteiger charge is 2.01. The Hall–Kier alpha value is -2.91. The van der Waals surface area contributed by atoms with Gasteiger partial charge in [-0.05, 0) is 13.8 Å². The highest BCUT2D eigenvalue weighted by atomic mass is 16.6. The molecule has 0 spiro atoms. The summed E-state index contributed by atoms with van der Waals surface area (Å²) >= 11 is 0. The van der Waals surface area contributed by atoms with Crippen LogP contribution in [0, 0.1) is 11.5 Å². The third kappa shape index (κ3) is 15.1. The third-order valence-electron chi connectivity index (χ3n) is 1.68. The lowest BCUT2D eigenvalue weighted by molar-refractivity contribution is -0.140. The largest absolute Gasteiger partial charge is 0.460 e. The maximum absolute atomic E-state index is 10.6. The van der Waals surface area contributed by atoms with E-state index in [-0.39, 0.29) is 26.4 Å². The molecule has 0 N–H and O–H groups in total. The molecule has 0 saturated carbocycles. The Morgan fingerprint density at radius 1 is 1.05 bits per heavy atom. The predicted molar refractivity (Wildman–Crippen MR) is 76.1 cm³/mol. The molecule has 0 aliphatic rings. The van der Waals surface area contributed by atoms with Gasteiger partial charge in [0.25, 0.3) is 6.26 Å². The van der Waals surface area contributed by atoms with Crippen molar-refractivity contribution in [3.05, 3.63) is 24.3 Å². The number of nitrogens with zero attached hydrogens (tertiary/aromatic N) is 2. The molecule has 0 heterocycles. The summed E-state index contributed by atoms with van der Waals surface area (Å²) in [6.45, 7) is 10.3. The minimum absolute atomic E-state index is 0.0826. The number of carbonyl (C=O) groups is 2. The first-order valence-corrected chi connectivity index (χ1v) is 6.06. The molecule has 22 heavy (non-hydrogen) atoms. The first kappa shape index (κ1) is 21.4. The molecule has 120 valence electrons. The minimum atomic E-state index is -0.467. The van der Waals surface area contributed by atoms with Crippen LogP contribution in [0.3, 0.4) is 0 Å². The van der Waals surface area contributed by atoms with Crippen molar-refractivity contribution in [1.82, 2.24) is 0 Å². The maximum Gasteiger partial charge on any atom is 0.333 e. The van der Waals surface area contributed by atoms with Crippen LogP contribution in [0.1, 0.15) is 13.8 Å². The van der Waals surface area contributed by atoms with E-state index >= 15 is 0 Å². The van der Waals surface area contributed by atoms with Gasteiger partial charge in [0.2, 0.25) is 6.08 Å². The Morgan fingerprint density at radius 2 is 1.55 bits per heavy atom. The van der Waals surface area contributed by atoms with Crippen molar-refractivity contribution in [3.8, 4) is 6.26 Å². The maximum atomic E-state index is 10.6. The summed E-state index contributed by atoms with van der Waals surface area (Å²) in [6.07, 6.45) is 2.79. The number of carbonyl (C=O) groups excluding carboxylic acids is 3. The molecule has 0 aromatic heterocycles. The standard InChI is InChI=1S/2C7H9NO3/c1-6(2)7(9)11-4-3-10-5-8;1-6(2)7(10)11-4-3-8-5-9/h2*1,3-4H2,2H3. The molecule has 0 aliphatic carbocycles. The second kappa shape index (κ2) is 14.5. The van der Waals surface area contributed by atoms with Crippen molar-refractivity contribution in [2.45, 2.75) is 13.8 Å². The van der Waals surface area contributed by atoms with E-state index in [2.05, 4.69) is 32.4 Å². The summed E-state index contributed by atoms with van der Waals surface area (Å²) in [5.41, 5.74) is 0.669. The zero-order valence-electron chi connectivity index (χ0n) is 12.6. The van der Waals surface area contributed by atoms with Crippen molar-refractivity contribution >= 4 is 18.0 Å². The molecule has 0 rings (SSSR count). The Morgan fingerprint density at radius 3 is 1.95 bits per heavy atom. The molecule has 0 bridgehead atoms. The van der Waals surface area contributed by atoms with Gasteiger partial charge in [-0.2, -0.15) is 5.26 Å². The van der Waals surface area contributed by atoms with Gasteiger partial charge in [0.15, 0.2) is 0 Å². The van der Waals surface area contributed by atoms with Gasteiger partial charge in [0, 0.05) is 11.1 Å². The summed E-state index contributed by atoms with van der Waals surface area (Å²) in [6, 6.07) is 0. The van der Waals surface area contributed by atoms with Crippen molar-refractivity contribution in [3.63, 3.8) is 0 Å². The molecule has 0 radical (unpaired) electrons. The van der Waals surface area contributed by atoms with Gasteiger partial charge in [0.1, 0.15) is 19.8 Å². The van der Waals surface area contributed by atoms with E-state index in [0.717, 1.165) is 0 Å². The summed E-state index contributed by atoms with van der Waals surface area (Å²) in [5.74, 6) is -0.933. The van der Waals surface area contributed by atoms with E-state index in [1.54, 1.807) is 13.8 Å². The van der Waals surface area contributed by atoms with Crippen LogP contribution >= 0.6 is 0 Å². The first-order valence-electron chi connectivity index (χ1n) is 6.06. The van der Waals surface area contributed by atoms with Gasteiger partial charge in [-0.1, -0.05) is 13.2 Å². The molecular weight excluding hydrogens is 292 g/mol. The molecular formula is C14H18N2O6. The number of esters is 2. The fourth-order valence-corrected chi connectivity index (χ4v) is 0.698. The topological polar surface area (TPSA) is 115 Å². The summed E-state index contributed by atoms with van der Waals surface area (Å²) in [7, 11) is 0. The van der Waals surface area contributed by atoms with Gasteiger partial charge in [0.05, 0.1) is 6.54 Å². The van der Waals surface area contributed by atoms with Crippen molar-refractivity contribution in [2.75, 3.05) is 26.4 Å². The molecule has 0 aromatic carbocycles. The number of isocyanates is 1. The van der Waals surface area contributed by atoms with Crippen LogP contribution in [0.4, 0.5) is 0 Å². The second-order valence-corrected chi connectivity index (χ2v) is 3.75. The van der Waals surface area contributed by atoms with Crippen molar-refractivity contribution in [1.29, 1.82) is 5.26 Å². The van der Waals surface area contributed by atoms with E-state index < -0.39 is 11.9 Å². The van der Waals surface area contributed by atoms with E-state index in [1.807, 2.05) is 0 Å². The first-order chi connectivity index (χ1) is 10.4. The van der Waals surface area contributed by atoms with Crippen LogP contribution in [0.2, 0.25) is 0 Å². The SMILES string of the molecule is C=C(C)C(=O)OCCN=C=O.C=C(C)C(=O)OCCOC#N. The number of aliphatic imine (C=N–C) groups is 1. The number of hydrogen-bond donors (Lipinski definition) is 0. The molecule has 0 fully saturated rings. The van der Waals surface area contributed by atoms with Crippen LogP contribution < -0.4 is 0 Å². The van der Waals surface area contributed by atoms with Gasteiger partial charge < -0.3 is 14.2 Å². The van der Waals surface area contributed by atoms with Gasteiger partial charge in [-0.25, -0.2) is 19.4 Å². The van der Waals surface area contributed by atoms with Crippen molar-refractivity contribution < 1.29 is 28.6 Å². The van der Waals surface area contributed by atoms with E-state index in [4.69, 9.17) is 5.26 Å².